The quantitative estimate of drug-likeness (QED) is 0.802. The van der Waals surface area contributed by atoms with E-state index in [1.807, 2.05) is 6.08 Å². The van der Waals surface area contributed by atoms with Gasteiger partial charge in [0.2, 0.25) is 0 Å². The molecule has 2 unspecified atom stereocenters. The summed E-state index contributed by atoms with van der Waals surface area (Å²) in [4.78, 5) is 2.48. The first-order valence-corrected chi connectivity index (χ1v) is 6.31. The van der Waals surface area contributed by atoms with Gasteiger partial charge in [-0.2, -0.15) is 0 Å². The van der Waals surface area contributed by atoms with Gasteiger partial charge in [-0.25, -0.2) is 0 Å². The molecular formula is C15H22N2. The summed E-state index contributed by atoms with van der Waals surface area (Å²) in [5, 5.41) is 3.67. The Morgan fingerprint density at radius 3 is 2.82 bits per heavy atom. The van der Waals surface area contributed by atoms with Crippen molar-refractivity contribution in [1.29, 1.82) is 0 Å². The van der Waals surface area contributed by atoms with Gasteiger partial charge < -0.3 is 5.32 Å². The fourth-order valence-corrected chi connectivity index (χ4v) is 2.53. The summed E-state index contributed by atoms with van der Waals surface area (Å²) in [7, 11) is 0. The molecule has 1 aromatic carbocycles. The van der Waals surface area contributed by atoms with E-state index >= 15 is 0 Å². The van der Waals surface area contributed by atoms with Crippen LogP contribution in [0.5, 0.6) is 0 Å². The zero-order valence-corrected chi connectivity index (χ0v) is 10.8. The van der Waals surface area contributed by atoms with E-state index in [0.29, 0.717) is 6.04 Å². The molecule has 1 N–H and O–H groups in total. The van der Waals surface area contributed by atoms with Crippen molar-refractivity contribution >= 4 is 0 Å². The van der Waals surface area contributed by atoms with E-state index in [1.54, 1.807) is 0 Å². The molecule has 0 aliphatic carbocycles. The molecule has 0 aromatic heterocycles. The summed E-state index contributed by atoms with van der Waals surface area (Å²) >= 11 is 0. The highest BCUT2D eigenvalue weighted by atomic mass is 15.2. The average molecular weight is 230 g/mol. The van der Waals surface area contributed by atoms with E-state index in [4.69, 9.17) is 0 Å². The van der Waals surface area contributed by atoms with Gasteiger partial charge in [0.05, 0.1) is 5.54 Å². The second-order valence-electron chi connectivity index (χ2n) is 5.15. The van der Waals surface area contributed by atoms with Crippen LogP contribution < -0.4 is 5.32 Å². The van der Waals surface area contributed by atoms with Gasteiger partial charge in [-0.05, 0) is 19.4 Å². The highest BCUT2D eigenvalue weighted by molar-refractivity contribution is 5.25. The van der Waals surface area contributed by atoms with Crippen LogP contribution in [-0.4, -0.2) is 30.6 Å². The molecule has 2 heteroatoms. The maximum absolute atomic E-state index is 3.85. The van der Waals surface area contributed by atoms with Gasteiger partial charge in [-0.1, -0.05) is 36.4 Å². The summed E-state index contributed by atoms with van der Waals surface area (Å²) in [5.74, 6) is 0. The van der Waals surface area contributed by atoms with Crippen molar-refractivity contribution in [1.82, 2.24) is 10.2 Å². The van der Waals surface area contributed by atoms with Crippen LogP contribution in [0.2, 0.25) is 0 Å². The van der Waals surface area contributed by atoms with Crippen LogP contribution in [0.4, 0.5) is 0 Å². The Hall–Kier alpha value is -1.12. The van der Waals surface area contributed by atoms with E-state index in [9.17, 15) is 0 Å². The van der Waals surface area contributed by atoms with E-state index in [-0.39, 0.29) is 5.54 Å². The molecule has 1 aliphatic heterocycles. The zero-order chi connectivity index (χ0) is 12.3. The third-order valence-electron chi connectivity index (χ3n) is 3.70. The van der Waals surface area contributed by atoms with Crippen LogP contribution in [0.15, 0.2) is 43.0 Å². The molecule has 1 aliphatic rings. The van der Waals surface area contributed by atoms with E-state index in [0.717, 1.165) is 19.6 Å². The lowest BCUT2D eigenvalue weighted by molar-refractivity contribution is 0.107. The van der Waals surface area contributed by atoms with Gasteiger partial charge in [0.25, 0.3) is 0 Å². The highest BCUT2D eigenvalue weighted by Gasteiger charge is 2.34. The van der Waals surface area contributed by atoms with Crippen LogP contribution in [0.3, 0.4) is 0 Å². The molecular weight excluding hydrogens is 208 g/mol. The minimum atomic E-state index is 0.0524. The Morgan fingerprint density at radius 1 is 1.47 bits per heavy atom. The van der Waals surface area contributed by atoms with E-state index in [1.165, 1.54) is 5.56 Å². The van der Waals surface area contributed by atoms with Crippen molar-refractivity contribution in [2.45, 2.75) is 25.4 Å². The van der Waals surface area contributed by atoms with Gasteiger partial charge in [0.15, 0.2) is 0 Å². The second kappa shape index (κ2) is 5.03. The molecule has 1 saturated heterocycles. The number of nitrogens with zero attached hydrogens (tertiary/aromatic N) is 1. The summed E-state index contributed by atoms with van der Waals surface area (Å²) < 4.78 is 0. The number of hydrogen-bond donors (Lipinski definition) is 1. The summed E-state index contributed by atoms with van der Waals surface area (Å²) in [6.45, 7) is 11.4. The largest absolute Gasteiger partial charge is 0.305 e. The van der Waals surface area contributed by atoms with Crippen molar-refractivity contribution in [3.63, 3.8) is 0 Å². The molecule has 1 fully saturated rings. The van der Waals surface area contributed by atoms with Gasteiger partial charge >= 0.3 is 0 Å². The monoisotopic (exact) mass is 230 g/mol. The number of piperazine rings is 1. The first kappa shape index (κ1) is 12.3. The molecule has 2 rings (SSSR count). The van der Waals surface area contributed by atoms with Crippen LogP contribution in [-0.2, 0) is 5.54 Å². The number of nitrogens with one attached hydrogen (secondary N) is 1. The summed E-state index contributed by atoms with van der Waals surface area (Å²) in [6.07, 6.45) is 1.99. The third kappa shape index (κ3) is 2.59. The minimum absolute atomic E-state index is 0.0524. The van der Waals surface area contributed by atoms with Crippen LogP contribution in [0.25, 0.3) is 0 Å². The van der Waals surface area contributed by atoms with Gasteiger partial charge in [0, 0.05) is 25.7 Å². The predicted octanol–water partition coefficient (Wildman–Crippen LogP) is 2.38. The Bertz CT molecular complexity index is 374. The maximum Gasteiger partial charge on any atom is 0.0535 e. The number of benzene rings is 1. The molecule has 0 saturated carbocycles. The van der Waals surface area contributed by atoms with E-state index < -0.39 is 0 Å². The third-order valence-corrected chi connectivity index (χ3v) is 3.70. The Labute approximate surface area is 104 Å². The topological polar surface area (TPSA) is 15.3 Å². The van der Waals surface area contributed by atoms with Crippen LogP contribution in [0, 0.1) is 0 Å². The molecule has 0 radical (unpaired) electrons. The highest BCUT2D eigenvalue weighted by Crippen LogP contribution is 2.26. The first-order chi connectivity index (χ1) is 8.15. The van der Waals surface area contributed by atoms with Crippen LogP contribution >= 0.6 is 0 Å². The van der Waals surface area contributed by atoms with Crippen molar-refractivity contribution in [2.75, 3.05) is 19.6 Å². The van der Waals surface area contributed by atoms with E-state index in [2.05, 4.69) is 61.0 Å². The van der Waals surface area contributed by atoms with Crippen LogP contribution in [0.1, 0.15) is 19.4 Å². The number of hydrogen-bond acceptors (Lipinski definition) is 2. The Balaban J connectivity index is 2.18. The maximum atomic E-state index is 3.85. The molecule has 2 nitrogen and oxygen atoms in total. The zero-order valence-electron chi connectivity index (χ0n) is 10.8. The summed E-state index contributed by atoms with van der Waals surface area (Å²) in [5.41, 5.74) is 1.41. The SMILES string of the molecule is C=CCN1CC(C)(c2ccccc2)NCC1C. The van der Waals surface area contributed by atoms with Crippen molar-refractivity contribution in [3.05, 3.63) is 48.6 Å². The fraction of sp³-hybridized carbons (Fsp3) is 0.467. The van der Waals surface area contributed by atoms with Gasteiger partial charge in [0.1, 0.15) is 0 Å². The molecule has 0 spiro atoms. The first-order valence-electron chi connectivity index (χ1n) is 6.31. The van der Waals surface area contributed by atoms with Gasteiger partial charge in [-0.15, -0.1) is 6.58 Å². The molecule has 0 amide bonds. The average Bonchev–Trinajstić information content (AvgIpc) is 2.36. The molecule has 2 atom stereocenters. The lowest BCUT2D eigenvalue weighted by atomic mass is 9.88. The molecule has 1 heterocycles. The standard InChI is InChI=1S/C15H22N2/c1-4-10-17-12-15(3,16-11-13(17)2)14-8-6-5-7-9-14/h4-9,13,16H,1,10-12H2,2-3H3. The number of rotatable bonds is 3. The lowest BCUT2D eigenvalue weighted by Crippen LogP contribution is -2.60. The molecule has 0 bridgehead atoms. The van der Waals surface area contributed by atoms with Crippen molar-refractivity contribution < 1.29 is 0 Å². The fourth-order valence-electron chi connectivity index (χ4n) is 2.53. The Kier molecular flexibility index (Phi) is 3.65. The predicted molar refractivity (Wildman–Crippen MR) is 73.0 cm³/mol. The van der Waals surface area contributed by atoms with Gasteiger partial charge in [-0.3, -0.25) is 4.90 Å². The van der Waals surface area contributed by atoms with Crippen molar-refractivity contribution in [2.24, 2.45) is 0 Å². The molecule has 17 heavy (non-hydrogen) atoms. The minimum Gasteiger partial charge on any atom is -0.305 e. The normalized spacial score (nSPS) is 30.1. The van der Waals surface area contributed by atoms with Crippen molar-refractivity contribution in [3.8, 4) is 0 Å². The smallest absolute Gasteiger partial charge is 0.0535 e. The molecule has 1 aromatic rings. The second-order valence-corrected chi connectivity index (χ2v) is 5.15. The summed E-state index contributed by atoms with van der Waals surface area (Å²) in [6, 6.07) is 11.3. The molecule has 92 valence electrons. The lowest BCUT2D eigenvalue weighted by Gasteiger charge is -2.45. The Morgan fingerprint density at radius 2 is 2.18 bits per heavy atom.